The molecule has 0 saturated carbocycles. The molecule has 33 heavy (non-hydrogen) atoms. The summed E-state index contributed by atoms with van der Waals surface area (Å²) < 4.78 is 6.37. The zero-order chi connectivity index (χ0) is 22.5. The Kier molecular flexibility index (Phi) is 6.65. The van der Waals surface area contributed by atoms with E-state index in [1.54, 1.807) is 24.5 Å². The molecule has 4 heterocycles. The number of rotatable bonds is 6. The molecule has 0 bridgehead atoms. The maximum atomic E-state index is 12.3. The molecule has 1 atom stereocenters. The Balaban J connectivity index is 1.11. The zero-order valence-corrected chi connectivity index (χ0v) is 19.1. The smallest absolute Gasteiger partial charge is 0.251 e. The lowest BCUT2D eigenvalue weighted by Crippen LogP contribution is -2.49. The molecule has 1 spiro atoms. The highest BCUT2D eigenvalue weighted by Crippen LogP contribution is 2.39. The maximum absolute atomic E-state index is 12.3. The van der Waals surface area contributed by atoms with Crippen molar-refractivity contribution in [2.45, 2.75) is 44.2 Å². The average molecular weight is 445 g/mol. The van der Waals surface area contributed by atoms with Crippen molar-refractivity contribution < 1.29 is 9.53 Å². The number of pyridine rings is 2. The van der Waals surface area contributed by atoms with Crippen LogP contribution in [0, 0.1) is 5.92 Å². The largest absolute Gasteiger partial charge is 0.375 e. The van der Waals surface area contributed by atoms with E-state index < -0.39 is 0 Å². The summed E-state index contributed by atoms with van der Waals surface area (Å²) in [6.45, 7) is 4.58. The first-order valence-electron chi connectivity index (χ1n) is 12.1. The van der Waals surface area contributed by atoms with Crippen LogP contribution in [0.25, 0.3) is 10.9 Å². The van der Waals surface area contributed by atoms with Gasteiger partial charge in [-0.2, -0.15) is 0 Å². The minimum absolute atomic E-state index is 0.00549. The normalized spacial score (nSPS) is 20.7. The Morgan fingerprint density at radius 2 is 1.91 bits per heavy atom. The lowest BCUT2D eigenvalue weighted by atomic mass is 9.78. The van der Waals surface area contributed by atoms with Crippen molar-refractivity contribution in [3.05, 3.63) is 72.2 Å². The molecule has 1 amide bonds. The molecular formula is C27H32N4O2. The highest BCUT2D eigenvalue weighted by Gasteiger charge is 2.40. The molecule has 1 aromatic carbocycles. The molecular weight excluding hydrogens is 412 g/mol. The van der Waals surface area contributed by atoms with E-state index in [4.69, 9.17) is 4.74 Å². The Labute approximate surface area is 195 Å². The second-order valence-electron chi connectivity index (χ2n) is 9.44. The maximum Gasteiger partial charge on any atom is 0.251 e. The van der Waals surface area contributed by atoms with Crippen molar-refractivity contribution in [3.8, 4) is 0 Å². The van der Waals surface area contributed by atoms with E-state index in [0.29, 0.717) is 18.0 Å². The number of likely N-dealkylation sites (tertiary alicyclic amines) is 1. The number of ether oxygens (including phenoxy) is 1. The molecule has 2 saturated heterocycles. The minimum Gasteiger partial charge on any atom is -0.375 e. The van der Waals surface area contributed by atoms with Gasteiger partial charge in [0.05, 0.1) is 11.1 Å². The monoisotopic (exact) mass is 444 g/mol. The molecule has 6 nitrogen and oxygen atoms in total. The van der Waals surface area contributed by atoms with E-state index in [1.807, 2.05) is 12.3 Å². The number of piperidine rings is 1. The number of amides is 1. The third-order valence-electron chi connectivity index (χ3n) is 7.25. The molecule has 3 aromatic rings. The number of carbonyl (C=O) groups excluding carboxylic acids is 1. The summed E-state index contributed by atoms with van der Waals surface area (Å²) in [4.78, 5) is 23.4. The van der Waals surface area contributed by atoms with Gasteiger partial charge in [-0.1, -0.05) is 24.3 Å². The number of hydrogen-bond donors (Lipinski definition) is 1. The lowest BCUT2D eigenvalue weighted by molar-refractivity contribution is -0.128. The van der Waals surface area contributed by atoms with E-state index in [9.17, 15) is 4.79 Å². The standard InChI is InChI=1S/C27H32N4O2/c32-26(23-7-13-28-14-8-23)30-15-6-21-9-18-33-27(19-21)10-16-31(17-11-27)20-24-4-1-3-22-5-2-12-29-25(22)24/h1-5,7-8,12-14,21H,6,9-11,15-20H2,(H,30,32). The lowest BCUT2D eigenvalue weighted by Gasteiger charge is -2.46. The molecule has 172 valence electrons. The number of nitrogens with zero attached hydrogens (tertiary/aromatic N) is 3. The molecule has 1 N–H and O–H groups in total. The van der Waals surface area contributed by atoms with Crippen LogP contribution >= 0.6 is 0 Å². The first-order chi connectivity index (χ1) is 16.2. The summed E-state index contributed by atoms with van der Waals surface area (Å²) in [7, 11) is 0. The van der Waals surface area contributed by atoms with Gasteiger partial charge in [0.25, 0.3) is 5.91 Å². The predicted octanol–water partition coefficient (Wildman–Crippen LogP) is 4.21. The van der Waals surface area contributed by atoms with Crippen molar-refractivity contribution in [2.75, 3.05) is 26.2 Å². The quantitative estimate of drug-likeness (QED) is 0.617. The number of nitrogens with one attached hydrogen (secondary N) is 1. The Morgan fingerprint density at radius 3 is 2.76 bits per heavy atom. The van der Waals surface area contributed by atoms with Gasteiger partial charge in [-0.15, -0.1) is 0 Å². The van der Waals surface area contributed by atoms with Gasteiger partial charge in [-0.25, -0.2) is 0 Å². The molecule has 2 fully saturated rings. The van der Waals surface area contributed by atoms with E-state index in [1.165, 1.54) is 10.9 Å². The fraction of sp³-hybridized carbons (Fsp3) is 0.444. The number of aromatic nitrogens is 2. The summed E-state index contributed by atoms with van der Waals surface area (Å²) in [5.41, 5.74) is 3.09. The van der Waals surface area contributed by atoms with E-state index in [0.717, 1.165) is 63.9 Å². The Morgan fingerprint density at radius 1 is 1.09 bits per heavy atom. The molecule has 1 unspecified atom stereocenters. The van der Waals surface area contributed by atoms with Crippen LogP contribution in [0.2, 0.25) is 0 Å². The average Bonchev–Trinajstić information content (AvgIpc) is 2.86. The molecule has 0 aliphatic carbocycles. The van der Waals surface area contributed by atoms with Crippen LogP contribution in [-0.2, 0) is 11.3 Å². The highest BCUT2D eigenvalue weighted by atomic mass is 16.5. The first-order valence-corrected chi connectivity index (χ1v) is 12.1. The first kappa shape index (κ1) is 22.0. The Hall–Kier alpha value is -2.83. The topological polar surface area (TPSA) is 67.3 Å². The molecule has 2 aromatic heterocycles. The highest BCUT2D eigenvalue weighted by molar-refractivity contribution is 5.93. The third kappa shape index (κ3) is 5.23. The number of benzene rings is 1. The molecule has 6 heteroatoms. The van der Waals surface area contributed by atoms with Gasteiger partial charge < -0.3 is 10.1 Å². The minimum atomic E-state index is -0.0181. The molecule has 0 radical (unpaired) electrons. The van der Waals surface area contributed by atoms with Gasteiger partial charge in [0.15, 0.2) is 0 Å². The van der Waals surface area contributed by atoms with Gasteiger partial charge in [0, 0.05) is 62.3 Å². The second kappa shape index (κ2) is 9.98. The van der Waals surface area contributed by atoms with Gasteiger partial charge >= 0.3 is 0 Å². The van der Waals surface area contributed by atoms with Gasteiger partial charge in [-0.05, 0) is 61.8 Å². The summed E-state index contributed by atoms with van der Waals surface area (Å²) in [6, 6.07) is 14.1. The van der Waals surface area contributed by atoms with Crippen molar-refractivity contribution in [3.63, 3.8) is 0 Å². The van der Waals surface area contributed by atoms with Gasteiger partial charge in [0.1, 0.15) is 0 Å². The molecule has 2 aliphatic rings. The Bertz CT molecular complexity index is 1070. The van der Waals surface area contributed by atoms with E-state index in [-0.39, 0.29) is 11.5 Å². The van der Waals surface area contributed by atoms with Crippen molar-refractivity contribution in [1.82, 2.24) is 20.2 Å². The number of para-hydroxylation sites is 1. The predicted molar refractivity (Wildman–Crippen MR) is 129 cm³/mol. The van der Waals surface area contributed by atoms with Crippen LogP contribution in [0.1, 0.15) is 48.0 Å². The van der Waals surface area contributed by atoms with Crippen molar-refractivity contribution in [2.24, 2.45) is 5.92 Å². The van der Waals surface area contributed by atoms with E-state index >= 15 is 0 Å². The van der Waals surface area contributed by atoms with Crippen LogP contribution in [-0.4, -0.2) is 52.6 Å². The van der Waals surface area contributed by atoms with Crippen LogP contribution in [0.15, 0.2) is 61.1 Å². The third-order valence-corrected chi connectivity index (χ3v) is 7.25. The second-order valence-corrected chi connectivity index (χ2v) is 9.44. The SMILES string of the molecule is O=C(NCCC1CCOC2(CCN(Cc3cccc4cccnc34)CC2)C1)c1ccncc1. The molecule has 2 aliphatic heterocycles. The van der Waals surface area contributed by atoms with Gasteiger partial charge in [0.2, 0.25) is 0 Å². The van der Waals surface area contributed by atoms with E-state index in [2.05, 4.69) is 44.5 Å². The zero-order valence-electron chi connectivity index (χ0n) is 19.1. The van der Waals surface area contributed by atoms with Crippen LogP contribution < -0.4 is 5.32 Å². The summed E-state index contributed by atoms with van der Waals surface area (Å²) in [5, 5.41) is 4.27. The fourth-order valence-electron chi connectivity index (χ4n) is 5.37. The summed E-state index contributed by atoms with van der Waals surface area (Å²) >= 11 is 0. The summed E-state index contributed by atoms with van der Waals surface area (Å²) in [6.07, 6.45) is 10.5. The number of hydrogen-bond acceptors (Lipinski definition) is 5. The van der Waals surface area contributed by atoms with Crippen LogP contribution in [0.3, 0.4) is 0 Å². The van der Waals surface area contributed by atoms with Crippen molar-refractivity contribution in [1.29, 1.82) is 0 Å². The molecule has 5 rings (SSSR count). The van der Waals surface area contributed by atoms with Crippen LogP contribution in [0.5, 0.6) is 0 Å². The van der Waals surface area contributed by atoms with Gasteiger partial charge in [-0.3, -0.25) is 19.7 Å². The van der Waals surface area contributed by atoms with Crippen molar-refractivity contribution >= 4 is 16.8 Å². The summed E-state index contributed by atoms with van der Waals surface area (Å²) in [5.74, 6) is 0.584. The van der Waals surface area contributed by atoms with Crippen LogP contribution in [0.4, 0.5) is 0 Å². The number of fused-ring (bicyclic) bond motifs is 1. The number of carbonyl (C=O) groups is 1. The fourth-order valence-corrected chi connectivity index (χ4v) is 5.37.